The molecule has 22 heavy (non-hydrogen) atoms. The molecule has 1 amide bonds. The van der Waals surface area contributed by atoms with Gasteiger partial charge in [0.15, 0.2) is 11.6 Å². The Hall–Kier alpha value is -1.98. The second-order valence-corrected chi connectivity index (χ2v) is 6.23. The van der Waals surface area contributed by atoms with E-state index in [2.05, 4.69) is 0 Å². The number of carbonyl (C=O) groups is 2. The van der Waals surface area contributed by atoms with Crippen molar-refractivity contribution in [3.63, 3.8) is 0 Å². The van der Waals surface area contributed by atoms with Crippen LogP contribution in [0.3, 0.4) is 0 Å². The van der Waals surface area contributed by atoms with Crippen LogP contribution in [0.2, 0.25) is 0 Å². The highest BCUT2D eigenvalue weighted by Crippen LogP contribution is 2.59. The summed E-state index contributed by atoms with van der Waals surface area (Å²) in [5, 5.41) is 9.04. The molecule has 1 saturated heterocycles. The topological polar surface area (TPSA) is 57.6 Å². The number of piperidine rings is 1. The largest absolute Gasteiger partial charge is 0.481 e. The van der Waals surface area contributed by atoms with Crippen LogP contribution in [0.25, 0.3) is 0 Å². The number of hydrogen-bond donors (Lipinski definition) is 1. The van der Waals surface area contributed by atoms with Gasteiger partial charge in [0, 0.05) is 18.7 Å². The van der Waals surface area contributed by atoms with Crippen LogP contribution in [0.1, 0.15) is 24.8 Å². The van der Waals surface area contributed by atoms with E-state index in [9.17, 15) is 18.4 Å². The highest BCUT2D eigenvalue weighted by molar-refractivity contribution is 5.79. The quantitative estimate of drug-likeness (QED) is 0.931. The Balaban J connectivity index is 1.59. The average molecular weight is 309 g/mol. The molecule has 1 unspecified atom stereocenters. The number of carbonyl (C=O) groups excluding carboxylic acids is 1. The standard InChI is InChI=1S/C16H17F2NO3/c17-12-3-1-2-10(14(12)18)8-13(20)19-6-4-16(5-7-19)9-11(16)15(21)22/h1-3,11H,4-9H2,(H,21,22). The molecule has 2 fully saturated rings. The van der Waals surface area contributed by atoms with Crippen molar-refractivity contribution in [1.29, 1.82) is 0 Å². The molecular formula is C16H17F2NO3. The first-order valence-electron chi connectivity index (χ1n) is 7.36. The van der Waals surface area contributed by atoms with Crippen molar-refractivity contribution in [3.8, 4) is 0 Å². The van der Waals surface area contributed by atoms with E-state index in [1.165, 1.54) is 12.1 Å². The highest BCUT2D eigenvalue weighted by Gasteiger charge is 2.59. The zero-order chi connectivity index (χ0) is 15.9. The summed E-state index contributed by atoms with van der Waals surface area (Å²) in [6.45, 7) is 0.971. The zero-order valence-corrected chi connectivity index (χ0v) is 12.0. The number of likely N-dealkylation sites (tertiary alicyclic amines) is 1. The number of aliphatic carboxylic acids is 1. The van der Waals surface area contributed by atoms with Gasteiger partial charge in [-0.3, -0.25) is 9.59 Å². The summed E-state index contributed by atoms with van der Waals surface area (Å²) in [6, 6.07) is 3.81. The van der Waals surface area contributed by atoms with E-state index in [4.69, 9.17) is 5.11 Å². The second kappa shape index (κ2) is 5.34. The van der Waals surface area contributed by atoms with E-state index in [-0.39, 0.29) is 29.2 Å². The third-order valence-electron chi connectivity index (χ3n) is 4.97. The first-order chi connectivity index (χ1) is 10.4. The number of benzene rings is 1. The van der Waals surface area contributed by atoms with Gasteiger partial charge in [0.2, 0.25) is 5.91 Å². The highest BCUT2D eigenvalue weighted by atomic mass is 19.2. The van der Waals surface area contributed by atoms with Crippen LogP contribution in [0.5, 0.6) is 0 Å². The Bertz CT molecular complexity index is 624. The molecule has 118 valence electrons. The normalized spacial score (nSPS) is 22.6. The molecule has 0 aromatic heterocycles. The van der Waals surface area contributed by atoms with Gasteiger partial charge in [0.05, 0.1) is 12.3 Å². The SMILES string of the molecule is O=C(O)C1CC12CCN(C(=O)Cc1cccc(F)c1F)CC2. The van der Waals surface area contributed by atoms with Gasteiger partial charge in [-0.2, -0.15) is 0 Å². The Labute approximate surface area is 126 Å². The molecule has 1 aliphatic carbocycles. The number of amides is 1. The van der Waals surface area contributed by atoms with Crippen molar-refractivity contribution in [1.82, 2.24) is 4.90 Å². The molecule has 1 aromatic carbocycles. The summed E-state index contributed by atoms with van der Waals surface area (Å²) in [7, 11) is 0. The van der Waals surface area contributed by atoms with Gasteiger partial charge in [-0.25, -0.2) is 8.78 Å². The minimum Gasteiger partial charge on any atom is -0.481 e. The molecule has 1 aromatic rings. The van der Waals surface area contributed by atoms with Crippen LogP contribution < -0.4 is 0 Å². The maximum Gasteiger partial charge on any atom is 0.307 e. The molecule has 1 atom stereocenters. The van der Waals surface area contributed by atoms with E-state index in [0.29, 0.717) is 32.4 Å². The molecule has 4 nitrogen and oxygen atoms in total. The Morgan fingerprint density at radius 2 is 1.95 bits per heavy atom. The van der Waals surface area contributed by atoms with Crippen LogP contribution in [0.15, 0.2) is 18.2 Å². The Kier molecular flexibility index (Phi) is 3.62. The third-order valence-corrected chi connectivity index (χ3v) is 4.97. The average Bonchev–Trinajstić information content (AvgIpc) is 3.19. The molecule has 1 heterocycles. The lowest BCUT2D eigenvalue weighted by atomic mass is 9.90. The summed E-state index contributed by atoms with van der Waals surface area (Å²) < 4.78 is 26.7. The maximum absolute atomic E-state index is 13.6. The predicted molar refractivity (Wildman–Crippen MR) is 74.1 cm³/mol. The van der Waals surface area contributed by atoms with Gasteiger partial charge in [0.25, 0.3) is 0 Å². The van der Waals surface area contributed by atoms with Gasteiger partial charge in [-0.05, 0) is 30.7 Å². The Morgan fingerprint density at radius 1 is 1.27 bits per heavy atom. The molecule has 1 spiro atoms. The van der Waals surface area contributed by atoms with E-state index < -0.39 is 17.6 Å². The summed E-state index contributed by atoms with van der Waals surface area (Å²) in [5.41, 5.74) is -0.0904. The Morgan fingerprint density at radius 3 is 2.55 bits per heavy atom. The van der Waals surface area contributed by atoms with E-state index in [0.717, 1.165) is 6.07 Å². The van der Waals surface area contributed by atoms with Gasteiger partial charge >= 0.3 is 5.97 Å². The number of carboxylic acids is 1. The van der Waals surface area contributed by atoms with Crippen LogP contribution in [0.4, 0.5) is 8.78 Å². The smallest absolute Gasteiger partial charge is 0.307 e. The number of nitrogens with zero attached hydrogens (tertiary/aromatic N) is 1. The summed E-state index contributed by atoms with van der Waals surface area (Å²) in [4.78, 5) is 24.8. The minimum atomic E-state index is -0.975. The van der Waals surface area contributed by atoms with Crippen LogP contribution in [-0.4, -0.2) is 35.0 Å². The summed E-state index contributed by atoms with van der Waals surface area (Å²) >= 11 is 0. The third kappa shape index (κ3) is 2.58. The lowest BCUT2D eigenvalue weighted by molar-refractivity contribution is -0.139. The van der Waals surface area contributed by atoms with Crippen molar-refractivity contribution >= 4 is 11.9 Å². The lowest BCUT2D eigenvalue weighted by Gasteiger charge is -2.32. The molecule has 1 aliphatic heterocycles. The van der Waals surface area contributed by atoms with Crippen molar-refractivity contribution in [2.24, 2.45) is 11.3 Å². The fourth-order valence-electron chi connectivity index (χ4n) is 3.41. The first-order valence-corrected chi connectivity index (χ1v) is 7.36. The van der Waals surface area contributed by atoms with Gasteiger partial charge < -0.3 is 10.0 Å². The maximum atomic E-state index is 13.6. The number of hydrogen-bond acceptors (Lipinski definition) is 2. The number of rotatable bonds is 3. The van der Waals surface area contributed by atoms with Crippen LogP contribution >= 0.6 is 0 Å². The lowest BCUT2D eigenvalue weighted by Crippen LogP contribution is -2.40. The number of carboxylic acid groups (broad SMARTS) is 1. The van der Waals surface area contributed by atoms with E-state index >= 15 is 0 Å². The minimum absolute atomic E-state index is 0.0557. The van der Waals surface area contributed by atoms with Crippen LogP contribution in [-0.2, 0) is 16.0 Å². The van der Waals surface area contributed by atoms with Crippen molar-refractivity contribution in [2.75, 3.05) is 13.1 Å². The monoisotopic (exact) mass is 309 g/mol. The number of halogens is 2. The fourth-order valence-corrected chi connectivity index (χ4v) is 3.41. The molecule has 0 bridgehead atoms. The molecule has 2 aliphatic rings. The zero-order valence-electron chi connectivity index (χ0n) is 12.0. The van der Waals surface area contributed by atoms with Crippen molar-refractivity contribution in [2.45, 2.75) is 25.7 Å². The van der Waals surface area contributed by atoms with Gasteiger partial charge in [0.1, 0.15) is 0 Å². The molecule has 1 N–H and O–H groups in total. The molecule has 1 saturated carbocycles. The van der Waals surface area contributed by atoms with E-state index in [1.54, 1.807) is 4.90 Å². The van der Waals surface area contributed by atoms with Gasteiger partial charge in [-0.15, -0.1) is 0 Å². The second-order valence-electron chi connectivity index (χ2n) is 6.23. The first kappa shape index (κ1) is 14.9. The summed E-state index contributed by atoms with van der Waals surface area (Å²) in [5.74, 6) is -3.22. The van der Waals surface area contributed by atoms with Crippen molar-refractivity contribution < 1.29 is 23.5 Å². The fraction of sp³-hybridized carbons (Fsp3) is 0.500. The molecule has 0 radical (unpaired) electrons. The van der Waals surface area contributed by atoms with Crippen molar-refractivity contribution in [3.05, 3.63) is 35.4 Å². The molecular weight excluding hydrogens is 292 g/mol. The predicted octanol–water partition coefficient (Wildman–Crippen LogP) is 2.22. The molecule has 3 rings (SSSR count). The van der Waals surface area contributed by atoms with Crippen LogP contribution in [0, 0.1) is 23.0 Å². The summed E-state index contributed by atoms with van der Waals surface area (Å²) in [6.07, 6.45) is 1.85. The van der Waals surface area contributed by atoms with E-state index in [1.807, 2.05) is 0 Å². The van der Waals surface area contributed by atoms with Gasteiger partial charge in [-0.1, -0.05) is 12.1 Å². The molecule has 6 heteroatoms.